The Labute approximate surface area is 125 Å². The van der Waals surface area contributed by atoms with Crippen molar-refractivity contribution in [1.29, 1.82) is 0 Å². The third kappa shape index (κ3) is 3.97. The van der Waals surface area contributed by atoms with Crippen molar-refractivity contribution in [3.05, 3.63) is 59.7 Å². The van der Waals surface area contributed by atoms with Crippen molar-refractivity contribution < 1.29 is 14.2 Å². The predicted octanol–water partition coefficient (Wildman–Crippen LogP) is 4.53. The molecule has 0 aliphatic carbocycles. The molecule has 0 aromatic heterocycles. The Balaban J connectivity index is 2.24. The molecule has 3 heteroatoms. The average Bonchev–Trinajstić information content (AvgIpc) is 2.48. The molecular formula is C18H21FO2. The smallest absolute Gasteiger partial charge is 0.123 e. The largest absolute Gasteiger partial charge is 0.508 e. The van der Waals surface area contributed by atoms with Gasteiger partial charge in [0.2, 0.25) is 0 Å². The highest BCUT2D eigenvalue weighted by Crippen LogP contribution is 2.33. The van der Waals surface area contributed by atoms with E-state index in [0.29, 0.717) is 11.7 Å². The molecular weight excluding hydrogens is 267 g/mol. The molecule has 0 heterocycles. The molecule has 0 saturated carbocycles. The van der Waals surface area contributed by atoms with Crippen LogP contribution in [0, 0.1) is 5.92 Å². The Morgan fingerprint density at radius 2 is 1.48 bits per heavy atom. The number of aromatic hydroxyl groups is 1. The maximum Gasteiger partial charge on any atom is 0.123 e. The number of rotatable bonds is 6. The zero-order valence-electron chi connectivity index (χ0n) is 12.4. The van der Waals surface area contributed by atoms with Crippen molar-refractivity contribution >= 4 is 0 Å². The van der Waals surface area contributed by atoms with Gasteiger partial charge < -0.3 is 9.84 Å². The minimum atomic E-state index is -0.482. The number of phenolic OH excluding ortho intramolecular Hbond substituents is 1. The van der Waals surface area contributed by atoms with Crippen LogP contribution in [0.5, 0.6) is 11.5 Å². The summed E-state index contributed by atoms with van der Waals surface area (Å²) in [5, 5.41) is 9.42. The molecule has 1 N–H and O–H groups in total. The Bertz CT molecular complexity index is 546. The number of hydrogen-bond acceptors (Lipinski definition) is 2. The van der Waals surface area contributed by atoms with E-state index in [4.69, 9.17) is 4.74 Å². The van der Waals surface area contributed by atoms with Gasteiger partial charge in [-0.1, -0.05) is 38.1 Å². The van der Waals surface area contributed by atoms with E-state index in [1.165, 1.54) is 11.1 Å². The van der Waals surface area contributed by atoms with Crippen LogP contribution in [-0.4, -0.2) is 18.4 Å². The van der Waals surface area contributed by atoms with E-state index >= 15 is 0 Å². The van der Waals surface area contributed by atoms with Gasteiger partial charge in [0.1, 0.15) is 24.8 Å². The van der Waals surface area contributed by atoms with Crippen molar-refractivity contribution in [1.82, 2.24) is 0 Å². The Kier molecular flexibility index (Phi) is 5.20. The summed E-state index contributed by atoms with van der Waals surface area (Å²) in [7, 11) is 0. The molecule has 2 rings (SSSR count). The average molecular weight is 288 g/mol. The molecule has 112 valence electrons. The topological polar surface area (TPSA) is 29.5 Å². The first kappa shape index (κ1) is 15.4. The maximum atomic E-state index is 12.1. The van der Waals surface area contributed by atoms with Gasteiger partial charge in [-0.3, -0.25) is 0 Å². The standard InChI is InChI=1S/C18H21FO2/c1-13(2)18(14-3-7-16(20)8-4-14)15-5-9-17(10-6-15)21-12-11-19/h3-10,13,18,20H,11-12H2,1-2H3. The van der Waals surface area contributed by atoms with Crippen molar-refractivity contribution in [3.63, 3.8) is 0 Å². The molecule has 21 heavy (non-hydrogen) atoms. The van der Waals surface area contributed by atoms with Crippen LogP contribution in [0.1, 0.15) is 30.9 Å². The summed E-state index contributed by atoms with van der Waals surface area (Å²) in [6.07, 6.45) is 0. The third-order valence-electron chi connectivity index (χ3n) is 3.50. The molecule has 0 aliphatic heterocycles. The molecule has 0 saturated heterocycles. The SMILES string of the molecule is CC(C)C(c1ccc(O)cc1)c1ccc(OCCF)cc1. The maximum absolute atomic E-state index is 12.1. The number of alkyl halides is 1. The van der Waals surface area contributed by atoms with E-state index in [1.54, 1.807) is 12.1 Å². The Morgan fingerprint density at radius 1 is 0.952 bits per heavy atom. The molecule has 0 amide bonds. The molecule has 0 radical (unpaired) electrons. The molecule has 2 aromatic rings. The summed E-state index contributed by atoms with van der Waals surface area (Å²) in [6.45, 7) is 3.95. The van der Waals surface area contributed by atoms with Crippen LogP contribution < -0.4 is 4.74 Å². The van der Waals surface area contributed by atoms with Crippen LogP contribution in [0.25, 0.3) is 0 Å². The number of ether oxygens (including phenoxy) is 1. The van der Waals surface area contributed by atoms with Gasteiger partial charge in [0.25, 0.3) is 0 Å². The van der Waals surface area contributed by atoms with Gasteiger partial charge in [-0.05, 0) is 41.3 Å². The summed E-state index contributed by atoms with van der Waals surface area (Å²) >= 11 is 0. The highest BCUT2D eigenvalue weighted by Gasteiger charge is 2.18. The van der Waals surface area contributed by atoms with Crippen molar-refractivity contribution in [3.8, 4) is 11.5 Å². The second kappa shape index (κ2) is 7.11. The van der Waals surface area contributed by atoms with Gasteiger partial charge in [-0.15, -0.1) is 0 Å². The summed E-state index contributed by atoms with van der Waals surface area (Å²) < 4.78 is 17.4. The van der Waals surface area contributed by atoms with Gasteiger partial charge >= 0.3 is 0 Å². The van der Waals surface area contributed by atoms with Gasteiger partial charge in [0, 0.05) is 5.92 Å². The minimum Gasteiger partial charge on any atom is -0.508 e. The lowest BCUT2D eigenvalue weighted by Gasteiger charge is -2.22. The number of phenols is 1. The predicted molar refractivity (Wildman–Crippen MR) is 82.7 cm³/mol. The summed E-state index contributed by atoms with van der Waals surface area (Å²) in [6, 6.07) is 15.1. The van der Waals surface area contributed by atoms with Crippen molar-refractivity contribution in [2.75, 3.05) is 13.3 Å². The fraction of sp³-hybridized carbons (Fsp3) is 0.333. The Morgan fingerprint density at radius 3 is 1.95 bits per heavy atom. The van der Waals surface area contributed by atoms with E-state index in [0.717, 1.165) is 0 Å². The fourth-order valence-corrected chi connectivity index (χ4v) is 2.57. The molecule has 1 unspecified atom stereocenters. The monoisotopic (exact) mass is 288 g/mol. The molecule has 2 aromatic carbocycles. The summed E-state index contributed by atoms with van der Waals surface area (Å²) in [5.41, 5.74) is 2.35. The second-order valence-corrected chi connectivity index (χ2v) is 5.42. The highest BCUT2D eigenvalue weighted by atomic mass is 19.1. The highest BCUT2D eigenvalue weighted by molar-refractivity contribution is 5.38. The van der Waals surface area contributed by atoms with Crippen LogP contribution in [0.4, 0.5) is 4.39 Å². The van der Waals surface area contributed by atoms with E-state index in [2.05, 4.69) is 13.8 Å². The number of hydrogen-bond donors (Lipinski definition) is 1. The first-order valence-corrected chi connectivity index (χ1v) is 7.19. The minimum absolute atomic E-state index is 0.0882. The third-order valence-corrected chi connectivity index (χ3v) is 3.50. The normalized spacial score (nSPS) is 12.4. The van der Waals surface area contributed by atoms with Gasteiger partial charge in [0.15, 0.2) is 0 Å². The van der Waals surface area contributed by atoms with E-state index < -0.39 is 6.67 Å². The molecule has 0 fully saturated rings. The van der Waals surface area contributed by atoms with Crippen LogP contribution >= 0.6 is 0 Å². The molecule has 2 nitrogen and oxygen atoms in total. The van der Waals surface area contributed by atoms with E-state index in [-0.39, 0.29) is 18.3 Å². The lowest BCUT2D eigenvalue weighted by atomic mass is 9.82. The van der Waals surface area contributed by atoms with Crippen molar-refractivity contribution in [2.24, 2.45) is 5.92 Å². The van der Waals surface area contributed by atoms with Crippen molar-refractivity contribution in [2.45, 2.75) is 19.8 Å². The van der Waals surface area contributed by atoms with Crippen LogP contribution in [0.3, 0.4) is 0 Å². The second-order valence-electron chi connectivity index (χ2n) is 5.42. The molecule has 1 atom stereocenters. The number of benzene rings is 2. The first-order chi connectivity index (χ1) is 10.1. The zero-order chi connectivity index (χ0) is 15.2. The molecule has 0 aliphatic rings. The summed E-state index contributed by atoms with van der Waals surface area (Å²) in [5.74, 6) is 1.63. The van der Waals surface area contributed by atoms with E-state index in [9.17, 15) is 9.50 Å². The van der Waals surface area contributed by atoms with Crippen LogP contribution in [0.15, 0.2) is 48.5 Å². The quantitative estimate of drug-likeness (QED) is 0.846. The molecule has 0 bridgehead atoms. The van der Waals surface area contributed by atoms with Gasteiger partial charge in [-0.2, -0.15) is 0 Å². The fourth-order valence-electron chi connectivity index (χ4n) is 2.57. The Hall–Kier alpha value is -2.03. The van der Waals surface area contributed by atoms with E-state index in [1.807, 2.05) is 36.4 Å². The summed E-state index contributed by atoms with van der Waals surface area (Å²) in [4.78, 5) is 0. The number of halogens is 1. The van der Waals surface area contributed by atoms with Gasteiger partial charge in [0.05, 0.1) is 0 Å². The van der Waals surface area contributed by atoms with Crippen LogP contribution in [-0.2, 0) is 0 Å². The van der Waals surface area contributed by atoms with Crippen LogP contribution in [0.2, 0.25) is 0 Å². The lowest BCUT2D eigenvalue weighted by molar-refractivity contribution is 0.273. The molecule has 0 spiro atoms. The van der Waals surface area contributed by atoms with Gasteiger partial charge in [-0.25, -0.2) is 4.39 Å². The first-order valence-electron chi connectivity index (χ1n) is 7.19. The zero-order valence-corrected chi connectivity index (χ0v) is 12.4. The lowest BCUT2D eigenvalue weighted by Crippen LogP contribution is -2.08.